The first-order valence-electron chi connectivity index (χ1n) is 6.33. The van der Waals surface area contributed by atoms with Gasteiger partial charge in [0.05, 0.1) is 39.6 Å². The van der Waals surface area contributed by atoms with E-state index in [0.29, 0.717) is 44.8 Å². The predicted octanol–water partition coefficient (Wildman–Crippen LogP) is 1.000. The van der Waals surface area contributed by atoms with Crippen molar-refractivity contribution in [3.05, 3.63) is 17.3 Å². The van der Waals surface area contributed by atoms with Crippen molar-refractivity contribution in [2.24, 2.45) is 0 Å². The van der Waals surface area contributed by atoms with Gasteiger partial charge in [-0.3, -0.25) is 0 Å². The molecule has 1 aromatic rings. The minimum Gasteiger partial charge on any atom is -0.377 e. The molecule has 1 aliphatic heterocycles. The highest BCUT2D eigenvalue weighted by Crippen LogP contribution is 2.11. The molecular weight excluding hydrogens is 270 g/mol. The lowest BCUT2D eigenvalue weighted by atomic mass is 10.4. The Balaban J connectivity index is 1.92. The molecule has 1 fully saturated rings. The van der Waals surface area contributed by atoms with Crippen LogP contribution in [0.4, 0.5) is 5.82 Å². The smallest absolute Gasteiger partial charge is 0.151 e. The summed E-state index contributed by atoms with van der Waals surface area (Å²) in [5.74, 6) is 0.782. The minimum atomic E-state index is 0.391. The molecule has 1 aromatic heterocycles. The molecule has 6 nitrogen and oxygen atoms in total. The van der Waals surface area contributed by atoms with E-state index in [2.05, 4.69) is 15.1 Å². The van der Waals surface area contributed by atoms with Crippen LogP contribution in [-0.4, -0.2) is 62.9 Å². The summed E-state index contributed by atoms with van der Waals surface area (Å²) in [6.07, 6.45) is 0. The molecule has 0 aromatic carbocycles. The third kappa shape index (κ3) is 5.28. The van der Waals surface area contributed by atoms with E-state index in [4.69, 9.17) is 25.8 Å². The van der Waals surface area contributed by atoms with Crippen LogP contribution in [0.15, 0.2) is 12.1 Å². The topological polar surface area (TPSA) is 56.7 Å². The second kappa shape index (κ2) is 8.27. The zero-order chi connectivity index (χ0) is 13.3. The SMILES string of the molecule is Clc1ccc(N2CCOCCOCCOCC2)nn1. The van der Waals surface area contributed by atoms with Gasteiger partial charge in [0.15, 0.2) is 11.0 Å². The van der Waals surface area contributed by atoms with E-state index in [1.807, 2.05) is 6.07 Å². The standard InChI is InChI=1S/C12H18ClN3O3/c13-11-1-2-12(15-14-11)16-3-5-17-7-9-19-10-8-18-6-4-16/h1-2H,3-10H2. The van der Waals surface area contributed by atoms with E-state index in [1.54, 1.807) is 6.07 Å². The molecule has 0 radical (unpaired) electrons. The lowest BCUT2D eigenvalue weighted by Gasteiger charge is -2.23. The van der Waals surface area contributed by atoms with Gasteiger partial charge in [0.2, 0.25) is 0 Å². The first kappa shape index (κ1) is 14.5. The molecule has 7 heteroatoms. The molecule has 0 amide bonds. The maximum Gasteiger partial charge on any atom is 0.151 e. The van der Waals surface area contributed by atoms with Crippen molar-refractivity contribution >= 4 is 17.4 Å². The Hall–Kier alpha value is -0.950. The maximum atomic E-state index is 5.74. The molecule has 0 saturated carbocycles. The summed E-state index contributed by atoms with van der Waals surface area (Å²) in [5, 5.41) is 8.33. The Morgan fingerprint density at radius 1 is 0.842 bits per heavy atom. The minimum absolute atomic E-state index is 0.391. The van der Waals surface area contributed by atoms with Crippen molar-refractivity contribution in [2.75, 3.05) is 57.6 Å². The summed E-state index contributed by atoms with van der Waals surface area (Å²) >= 11 is 5.74. The predicted molar refractivity (Wildman–Crippen MR) is 71.7 cm³/mol. The van der Waals surface area contributed by atoms with Crippen molar-refractivity contribution in [3.8, 4) is 0 Å². The highest BCUT2D eigenvalue weighted by molar-refractivity contribution is 6.29. The third-order valence-corrected chi connectivity index (χ3v) is 2.90. The molecule has 2 heterocycles. The summed E-state index contributed by atoms with van der Waals surface area (Å²) in [6.45, 7) is 5.11. The van der Waals surface area contributed by atoms with Crippen molar-refractivity contribution in [1.82, 2.24) is 10.2 Å². The van der Waals surface area contributed by atoms with E-state index in [0.717, 1.165) is 18.9 Å². The average molecular weight is 288 g/mol. The molecule has 0 aliphatic carbocycles. The van der Waals surface area contributed by atoms with Crippen LogP contribution in [0.1, 0.15) is 0 Å². The highest BCUT2D eigenvalue weighted by atomic mass is 35.5. The zero-order valence-corrected chi connectivity index (χ0v) is 11.5. The van der Waals surface area contributed by atoms with E-state index in [9.17, 15) is 0 Å². The Labute approximate surface area is 117 Å². The number of anilines is 1. The monoisotopic (exact) mass is 287 g/mol. The van der Waals surface area contributed by atoms with Gasteiger partial charge in [-0.2, -0.15) is 0 Å². The molecule has 0 atom stereocenters. The van der Waals surface area contributed by atoms with Crippen molar-refractivity contribution in [2.45, 2.75) is 0 Å². The quantitative estimate of drug-likeness (QED) is 0.768. The Kier molecular flexibility index (Phi) is 6.29. The van der Waals surface area contributed by atoms with E-state index in [-0.39, 0.29) is 0 Å². The number of rotatable bonds is 1. The van der Waals surface area contributed by atoms with Gasteiger partial charge >= 0.3 is 0 Å². The molecule has 106 valence electrons. The van der Waals surface area contributed by atoms with Gasteiger partial charge in [0.25, 0.3) is 0 Å². The van der Waals surface area contributed by atoms with Gasteiger partial charge in [-0.05, 0) is 12.1 Å². The van der Waals surface area contributed by atoms with E-state index in [1.165, 1.54) is 0 Å². The van der Waals surface area contributed by atoms with Gasteiger partial charge in [0, 0.05) is 13.1 Å². The van der Waals surface area contributed by atoms with Crippen LogP contribution in [0.2, 0.25) is 5.15 Å². The summed E-state index contributed by atoms with van der Waals surface area (Å²) < 4.78 is 16.3. The Morgan fingerprint density at radius 3 is 1.95 bits per heavy atom. The van der Waals surface area contributed by atoms with Crippen molar-refractivity contribution in [3.63, 3.8) is 0 Å². The molecule has 2 rings (SSSR count). The number of ether oxygens (including phenoxy) is 3. The van der Waals surface area contributed by atoms with Crippen LogP contribution >= 0.6 is 11.6 Å². The van der Waals surface area contributed by atoms with Gasteiger partial charge < -0.3 is 19.1 Å². The fourth-order valence-corrected chi connectivity index (χ4v) is 1.81. The van der Waals surface area contributed by atoms with Crippen molar-refractivity contribution in [1.29, 1.82) is 0 Å². The number of aromatic nitrogens is 2. The summed E-state index contributed by atoms with van der Waals surface area (Å²) in [4.78, 5) is 2.08. The number of halogens is 1. The van der Waals surface area contributed by atoms with Crippen LogP contribution in [0.25, 0.3) is 0 Å². The first-order valence-corrected chi connectivity index (χ1v) is 6.71. The van der Waals surface area contributed by atoms with E-state index >= 15 is 0 Å². The van der Waals surface area contributed by atoms with Crippen molar-refractivity contribution < 1.29 is 14.2 Å². The fraction of sp³-hybridized carbons (Fsp3) is 0.667. The summed E-state index contributed by atoms with van der Waals surface area (Å²) in [7, 11) is 0. The Morgan fingerprint density at radius 2 is 1.42 bits per heavy atom. The maximum absolute atomic E-state index is 5.74. The molecule has 19 heavy (non-hydrogen) atoms. The molecular formula is C12H18ClN3O3. The van der Waals surface area contributed by atoms with Crippen LogP contribution in [0.3, 0.4) is 0 Å². The molecule has 1 aliphatic rings. The van der Waals surface area contributed by atoms with Gasteiger partial charge in [-0.1, -0.05) is 11.6 Å². The molecule has 0 unspecified atom stereocenters. The largest absolute Gasteiger partial charge is 0.377 e. The van der Waals surface area contributed by atoms with Gasteiger partial charge in [-0.15, -0.1) is 10.2 Å². The Bertz CT molecular complexity index is 352. The van der Waals surface area contributed by atoms with Crippen LogP contribution in [0.5, 0.6) is 0 Å². The number of nitrogens with zero attached hydrogens (tertiary/aromatic N) is 3. The van der Waals surface area contributed by atoms with Crippen LogP contribution < -0.4 is 4.90 Å². The van der Waals surface area contributed by atoms with Crippen LogP contribution in [-0.2, 0) is 14.2 Å². The molecule has 0 bridgehead atoms. The lowest BCUT2D eigenvalue weighted by Crippen LogP contribution is -2.33. The normalized spacial score (nSPS) is 19.5. The van der Waals surface area contributed by atoms with Gasteiger partial charge in [-0.25, -0.2) is 0 Å². The summed E-state index contributed by atoms with van der Waals surface area (Å²) in [5.41, 5.74) is 0. The number of hydrogen-bond acceptors (Lipinski definition) is 6. The molecule has 0 N–H and O–H groups in total. The highest BCUT2D eigenvalue weighted by Gasteiger charge is 2.09. The molecule has 0 spiro atoms. The number of hydrogen-bond donors (Lipinski definition) is 0. The summed E-state index contributed by atoms with van der Waals surface area (Å²) in [6, 6.07) is 3.58. The third-order valence-electron chi connectivity index (χ3n) is 2.70. The molecule has 1 saturated heterocycles. The van der Waals surface area contributed by atoms with Crippen LogP contribution in [0, 0.1) is 0 Å². The fourth-order valence-electron chi connectivity index (χ4n) is 1.71. The van der Waals surface area contributed by atoms with E-state index < -0.39 is 0 Å². The second-order valence-electron chi connectivity index (χ2n) is 4.04. The first-order chi connectivity index (χ1) is 9.36. The van der Waals surface area contributed by atoms with Gasteiger partial charge in [0.1, 0.15) is 0 Å². The lowest BCUT2D eigenvalue weighted by molar-refractivity contribution is 0.0125. The zero-order valence-electron chi connectivity index (χ0n) is 10.8. The second-order valence-corrected chi connectivity index (χ2v) is 4.43. The average Bonchev–Trinajstić information content (AvgIpc) is 2.41.